The summed E-state index contributed by atoms with van der Waals surface area (Å²) in [6.45, 7) is 4.67. The summed E-state index contributed by atoms with van der Waals surface area (Å²) < 4.78 is 7.09. The molecule has 0 radical (unpaired) electrons. The van der Waals surface area contributed by atoms with Gasteiger partial charge in [0.1, 0.15) is 0 Å². The minimum Gasteiger partial charge on any atom is -0.378 e. The summed E-state index contributed by atoms with van der Waals surface area (Å²) in [4.78, 5) is 29.5. The highest BCUT2D eigenvalue weighted by molar-refractivity contribution is 5.84. The maximum atomic E-state index is 13.0. The summed E-state index contributed by atoms with van der Waals surface area (Å²) in [5, 5.41) is 11.8. The molecule has 9 nitrogen and oxygen atoms in total. The molecule has 9 heteroatoms. The van der Waals surface area contributed by atoms with E-state index in [2.05, 4.69) is 15.5 Å². The lowest BCUT2D eigenvalue weighted by Crippen LogP contribution is -2.48. The topological polar surface area (TPSA) is 93.5 Å². The number of carbonyl (C=O) groups excluding carboxylic acids is 2. The van der Waals surface area contributed by atoms with Crippen LogP contribution in [0.1, 0.15) is 43.8 Å². The Kier molecular flexibility index (Phi) is 5.14. The molecular weight excluding hydrogens is 336 g/mol. The Labute approximate surface area is 152 Å². The zero-order valence-electron chi connectivity index (χ0n) is 15.0. The van der Waals surface area contributed by atoms with Gasteiger partial charge in [0.15, 0.2) is 5.82 Å². The number of piperidine rings is 1. The van der Waals surface area contributed by atoms with Crippen molar-refractivity contribution in [1.29, 1.82) is 0 Å². The first-order valence-corrected chi connectivity index (χ1v) is 9.65. The Balaban J connectivity index is 1.36. The van der Waals surface area contributed by atoms with E-state index in [-0.39, 0.29) is 23.7 Å². The molecule has 0 aromatic carbocycles. The monoisotopic (exact) mass is 362 g/mol. The van der Waals surface area contributed by atoms with Crippen molar-refractivity contribution in [3.05, 3.63) is 5.82 Å². The number of hydrogen-bond acceptors (Lipinski definition) is 6. The van der Waals surface area contributed by atoms with Gasteiger partial charge < -0.3 is 14.5 Å². The van der Waals surface area contributed by atoms with Gasteiger partial charge in [-0.15, -0.1) is 5.10 Å². The van der Waals surface area contributed by atoms with Crippen molar-refractivity contribution in [2.45, 2.75) is 44.6 Å². The fourth-order valence-electron chi connectivity index (χ4n) is 4.20. The maximum absolute atomic E-state index is 13.0. The minimum atomic E-state index is -0.251. The second kappa shape index (κ2) is 7.69. The van der Waals surface area contributed by atoms with Gasteiger partial charge in [-0.25, -0.2) is 4.68 Å². The van der Waals surface area contributed by atoms with Crippen LogP contribution in [0.5, 0.6) is 0 Å². The van der Waals surface area contributed by atoms with Crippen LogP contribution in [0.3, 0.4) is 0 Å². The van der Waals surface area contributed by atoms with Gasteiger partial charge in [-0.3, -0.25) is 9.59 Å². The summed E-state index contributed by atoms with van der Waals surface area (Å²) in [7, 11) is 0. The molecular formula is C17H26N6O3. The minimum absolute atomic E-state index is 0.0246. The van der Waals surface area contributed by atoms with Crippen molar-refractivity contribution < 1.29 is 14.3 Å². The quantitative estimate of drug-likeness (QED) is 0.737. The van der Waals surface area contributed by atoms with Crippen molar-refractivity contribution in [2.75, 3.05) is 39.4 Å². The first kappa shape index (κ1) is 17.4. The van der Waals surface area contributed by atoms with E-state index in [0.29, 0.717) is 45.2 Å². The number of morpholine rings is 1. The number of hydrogen-bond donors (Lipinski definition) is 0. The van der Waals surface area contributed by atoms with E-state index in [4.69, 9.17) is 4.74 Å². The summed E-state index contributed by atoms with van der Waals surface area (Å²) in [5.41, 5.74) is 0. The highest BCUT2D eigenvalue weighted by atomic mass is 16.5. The Morgan fingerprint density at radius 2 is 1.62 bits per heavy atom. The van der Waals surface area contributed by atoms with E-state index in [0.717, 1.165) is 38.6 Å². The van der Waals surface area contributed by atoms with Crippen LogP contribution in [-0.4, -0.2) is 81.2 Å². The van der Waals surface area contributed by atoms with Gasteiger partial charge in [0.05, 0.1) is 19.1 Å². The number of tetrazole rings is 1. The van der Waals surface area contributed by atoms with Crippen LogP contribution < -0.4 is 0 Å². The van der Waals surface area contributed by atoms with Crippen molar-refractivity contribution in [2.24, 2.45) is 5.92 Å². The van der Waals surface area contributed by atoms with Gasteiger partial charge in [-0.1, -0.05) is 6.42 Å². The van der Waals surface area contributed by atoms with E-state index < -0.39 is 0 Å². The first-order chi connectivity index (χ1) is 12.7. The largest absolute Gasteiger partial charge is 0.378 e. The number of ether oxygens (including phenoxy) is 1. The lowest BCUT2D eigenvalue weighted by molar-refractivity contribution is -0.144. The van der Waals surface area contributed by atoms with E-state index in [1.165, 1.54) is 0 Å². The van der Waals surface area contributed by atoms with Crippen molar-refractivity contribution in [3.63, 3.8) is 0 Å². The Hall–Kier alpha value is -2.03. The van der Waals surface area contributed by atoms with Crippen LogP contribution in [-0.2, 0) is 20.9 Å². The standard InChI is InChI=1S/C17H26N6O3/c24-16(22-9-11-26-12-10-22)13-4-7-21(8-5-13)17(25)14-3-1-2-6-23-15(14)18-19-20-23/h13-14H,1-12H2/t14-/m0/s1. The Bertz CT molecular complexity index is 649. The van der Waals surface area contributed by atoms with Crippen LogP contribution in [0.25, 0.3) is 0 Å². The molecule has 0 aliphatic carbocycles. The third-order valence-electron chi connectivity index (χ3n) is 5.76. The van der Waals surface area contributed by atoms with Crippen LogP contribution >= 0.6 is 0 Å². The lowest BCUT2D eigenvalue weighted by Gasteiger charge is -2.36. The fraction of sp³-hybridized carbons (Fsp3) is 0.824. The number of amides is 2. The number of nitrogens with zero attached hydrogens (tertiary/aromatic N) is 6. The van der Waals surface area contributed by atoms with Gasteiger partial charge in [0.25, 0.3) is 0 Å². The molecule has 3 aliphatic heterocycles. The Morgan fingerprint density at radius 1 is 0.885 bits per heavy atom. The zero-order valence-corrected chi connectivity index (χ0v) is 15.0. The molecule has 0 saturated carbocycles. The first-order valence-electron chi connectivity index (χ1n) is 9.65. The highest BCUT2D eigenvalue weighted by Crippen LogP contribution is 2.28. The molecule has 0 bridgehead atoms. The third-order valence-corrected chi connectivity index (χ3v) is 5.76. The number of aryl methyl sites for hydroxylation is 1. The summed E-state index contributed by atoms with van der Waals surface area (Å²) in [5.74, 6) is 0.800. The fourth-order valence-corrected chi connectivity index (χ4v) is 4.20. The molecule has 0 unspecified atom stereocenters. The van der Waals surface area contributed by atoms with Crippen LogP contribution in [0.4, 0.5) is 0 Å². The summed E-state index contributed by atoms with van der Waals surface area (Å²) in [6, 6.07) is 0. The molecule has 2 amide bonds. The molecule has 2 fully saturated rings. The van der Waals surface area contributed by atoms with Gasteiger partial charge in [0, 0.05) is 38.6 Å². The number of fused-ring (bicyclic) bond motifs is 1. The van der Waals surface area contributed by atoms with Crippen LogP contribution in [0.15, 0.2) is 0 Å². The molecule has 26 heavy (non-hydrogen) atoms. The number of likely N-dealkylation sites (tertiary alicyclic amines) is 1. The second-order valence-corrected chi connectivity index (χ2v) is 7.35. The molecule has 0 spiro atoms. The predicted octanol–water partition coefficient (Wildman–Crippen LogP) is 0.0380. The molecule has 1 aromatic rings. The van der Waals surface area contributed by atoms with Gasteiger partial charge in [0.2, 0.25) is 11.8 Å². The molecule has 142 valence electrons. The van der Waals surface area contributed by atoms with E-state index >= 15 is 0 Å². The summed E-state index contributed by atoms with van der Waals surface area (Å²) >= 11 is 0. The van der Waals surface area contributed by atoms with E-state index in [9.17, 15) is 9.59 Å². The molecule has 1 aromatic heterocycles. The van der Waals surface area contributed by atoms with Crippen molar-refractivity contribution in [3.8, 4) is 0 Å². The lowest BCUT2D eigenvalue weighted by atomic mass is 9.93. The molecule has 1 atom stereocenters. The number of rotatable bonds is 2. The van der Waals surface area contributed by atoms with E-state index in [1.807, 2.05) is 9.80 Å². The average Bonchev–Trinajstić information content (AvgIpc) is 3.07. The molecule has 3 aliphatic rings. The smallest absolute Gasteiger partial charge is 0.233 e. The maximum Gasteiger partial charge on any atom is 0.233 e. The van der Waals surface area contributed by atoms with Crippen molar-refractivity contribution >= 4 is 11.8 Å². The number of carbonyl (C=O) groups is 2. The molecule has 0 N–H and O–H groups in total. The second-order valence-electron chi connectivity index (χ2n) is 7.35. The average molecular weight is 362 g/mol. The SMILES string of the molecule is O=C(C1CCN(C(=O)[C@H]2CCCCn3nnnc32)CC1)N1CCOCC1. The molecule has 4 heterocycles. The van der Waals surface area contributed by atoms with Crippen LogP contribution in [0, 0.1) is 5.92 Å². The molecule has 2 saturated heterocycles. The van der Waals surface area contributed by atoms with E-state index in [1.54, 1.807) is 4.68 Å². The van der Waals surface area contributed by atoms with Crippen molar-refractivity contribution in [1.82, 2.24) is 30.0 Å². The van der Waals surface area contributed by atoms with Gasteiger partial charge in [-0.2, -0.15) is 0 Å². The molecule has 4 rings (SSSR count). The number of aromatic nitrogens is 4. The van der Waals surface area contributed by atoms with Crippen LogP contribution in [0.2, 0.25) is 0 Å². The normalized spacial score (nSPS) is 24.8. The zero-order chi connectivity index (χ0) is 17.9. The van der Waals surface area contributed by atoms with Gasteiger partial charge in [-0.05, 0) is 36.1 Å². The highest BCUT2D eigenvalue weighted by Gasteiger charge is 2.35. The Morgan fingerprint density at radius 3 is 2.38 bits per heavy atom. The predicted molar refractivity (Wildman–Crippen MR) is 91.1 cm³/mol. The van der Waals surface area contributed by atoms with Gasteiger partial charge >= 0.3 is 0 Å². The third kappa shape index (κ3) is 3.44. The summed E-state index contributed by atoms with van der Waals surface area (Å²) in [6.07, 6.45) is 4.26.